The van der Waals surface area contributed by atoms with Crippen LogP contribution in [0.4, 0.5) is 11.4 Å². The molecule has 0 unspecified atom stereocenters. The third-order valence-electron chi connectivity index (χ3n) is 5.53. The van der Waals surface area contributed by atoms with Gasteiger partial charge in [0.25, 0.3) is 11.8 Å². The molecule has 0 saturated carbocycles. The third-order valence-corrected chi connectivity index (χ3v) is 5.53. The summed E-state index contributed by atoms with van der Waals surface area (Å²) in [5.41, 5.74) is 2.24. The van der Waals surface area contributed by atoms with Gasteiger partial charge in [0.05, 0.1) is 17.8 Å². The lowest BCUT2D eigenvalue weighted by atomic mass is 10.1. The molecule has 0 radical (unpaired) electrons. The maximum atomic E-state index is 13.2. The fourth-order valence-corrected chi connectivity index (χ4v) is 3.77. The van der Waals surface area contributed by atoms with Crippen molar-refractivity contribution >= 4 is 29.1 Å². The van der Waals surface area contributed by atoms with Gasteiger partial charge in [0.2, 0.25) is 5.91 Å². The molecule has 0 bridgehead atoms. The second-order valence-electron chi connectivity index (χ2n) is 7.85. The van der Waals surface area contributed by atoms with E-state index >= 15 is 0 Å². The molecule has 0 aromatic heterocycles. The Morgan fingerprint density at radius 2 is 1.30 bits per heavy atom. The number of para-hydroxylation sites is 2. The molecular formula is C26H26N4O3. The third kappa shape index (κ3) is 5.84. The first kappa shape index (κ1) is 22.2. The van der Waals surface area contributed by atoms with E-state index in [-0.39, 0.29) is 24.3 Å². The van der Waals surface area contributed by atoms with Gasteiger partial charge in [0.1, 0.15) is 0 Å². The Morgan fingerprint density at radius 1 is 0.697 bits per heavy atom. The van der Waals surface area contributed by atoms with Gasteiger partial charge in [-0.05, 0) is 36.4 Å². The first-order chi connectivity index (χ1) is 16.1. The number of rotatable bonds is 6. The predicted octanol–water partition coefficient (Wildman–Crippen LogP) is 3.34. The molecule has 33 heavy (non-hydrogen) atoms. The monoisotopic (exact) mass is 442 g/mol. The Morgan fingerprint density at radius 3 is 2.00 bits per heavy atom. The van der Waals surface area contributed by atoms with Crippen molar-refractivity contribution in [2.24, 2.45) is 0 Å². The molecule has 7 heteroatoms. The van der Waals surface area contributed by atoms with Gasteiger partial charge in [-0.15, -0.1) is 0 Å². The zero-order chi connectivity index (χ0) is 23.0. The van der Waals surface area contributed by atoms with E-state index in [4.69, 9.17) is 0 Å². The van der Waals surface area contributed by atoms with Gasteiger partial charge >= 0.3 is 0 Å². The van der Waals surface area contributed by atoms with Gasteiger partial charge in [0.15, 0.2) is 0 Å². The molecule has 1 heterocycles. The standard InChI is InChI=1S/C26H26N4O3/c31-24(27-21-11-5-2-6-12-21)19-29-15-17-30(18-16-29)26(33)22-13-7-8-14-23(22)28-25(32)20-9-3-1-4-10-20/h1-14H,15-19H2,(H,27,31)(H,28,32). The van der Waals surface area contributed by atoms with Crippen molar-refractivity contribution in [1.29, 1.82) is 0 Å². The number of nitrogens with zero attached hydrogens (tertiary/aromatic N) is 2. The van der Waals surface area contributed by atoms with Crippen LogP contribution in [-0.4, -0.2) is 60.2 Å². The van der Waals surface area contributed by atoms with Crippen molar-refractivity contribution in [3.63, 3.8) is 0 Å². The zero-order valence-corrected chi connectivity index (χ0v) is 18.2. The van der Waals surface area contributed by atoms with Crippen molar-refractivity contribution < 1.29 is 14.4 Å². The number of amides is 3. The number of benzene rings is 3. The second-order valence-corrected chi connectivity index (χ2v) is 7.85. The van der Waals surface area contributed by atoms with Crippen LogP contribution in [0.3, 0.4) is 0 Å². The fourth-order valence-electron chi connectivity index (χ4n) is 3.77. The minimum absolute atomic E-state index is 0.0741. The first-order valence-corrected chi connectivity index (χ1v) is 10.9. The Bertz CT molecular complexity index is 1110. The summed E-state index contributed by atoms with van der Waals surface area (Å²) in [6.07, 6.45) is 0. The number of anilines is 2. The highest BCUT2D eigenvalue weighted by molar-refractivity contribution is 6.09. The van der Waals surface area contributed by atoms with Gasteiger partial charge in [-0.1, -0.05) is 48.5 Å². The molecule has 1 aliphatic heterocycles. The highest BCUT2D eigenvalue weighted by Gasteiger charge is 2.25. The summed E-state index contributed by atoms with van der Waals surface area (Å²) in [7, 11) is 0. The van der Waals surface area contributed by atoms with Gasteiger partial charge in [-0.2, -0.15) is 0 Å². The van der Waals surface area contributed by atoms with Crippen molar-refractivity contribution in [2.75, 3.05) is 43.4 Å². The van der Waals surface area contributed by atoms with E-state index in [9.17, 15) is 14.4 Å². The molecule has 1 fully saturated rings. The molecule has 1 saturated heterocycles. The summed E-state index contributed by atoms with van der Waals surface area (Å²) in [6.45, 7) is 2.51. The average molecular weight is 443 g/mol. The molecule has 0 atom stereocenters. The Kier molecular flexibility index (Phi) is 7.12. The Balaban J connectivity index is 1.33. The van der Waals surface area contributed by atoms with Crippen LogP contribution in [0.25, 0.3) is 0 Å². The summed E-state index contributed by atoms with van der Waals surface area (Å²) in [6, 6.07) is 25.3. The summed E-state index contributed by atoms with van der Waals surface area (Å²) in [5.74, 6) is -0.465. The van der Waals surface area contributed by atoms with Crippen molar-refractivity contribution in [3.8, 4) is 0 Å². The van der Waals surface area contributed by atoms with Crippen LogP contribution in [0.5, 0.6) is 0 Å². The largest absolute Gasteiger partial charge is 0.336 e. The predicted molar refractivity (Wildman–Crippen MR) is 128 cm³/mol. The number of piperazine rings is 1. The summed E-state index contributed by atoms with van der Waals surface area (Å²) in [5, 5.41) is 5.74. The van der Waals surface area contributed by atoms with E-state index in [0.29, 0.717) is 43.0 Å². The average Bonchev–Trinajstić information content (AvgIpc) is 2.85. The number of nitrogens with one attached hydrogen (secondary N) is 2. The van der Waals surface area contributed by atoms with Crippen LogP contribution in [0.15, 0.2) is 84.9 Å². The molecule has 1 aliphatic rings. The number of hydrogen-bond donors (Lipinski definition) is 2. The lowest BCUT2D eigenvalue weighted by molar-refractivity contribution is -0.117. The molecule has 168 valence electrons. The SMILES string of the molecule is O=C(CN1CCN(C(=O)c2ccccc2NC(=O)c2ccccc2)CC1)Nc1ccccc1. The van der Waals surface area contributed by atoms with Gasteiger partial charge < -0.3 is 15.5 Å². The molecular weight excluding hydrogens is 416 g/mol. The lowest BCUT2D eigenvalue weighted by Crippen LogP contribution is -2.50. The van der Waals surface area contributed by atoms with Crippen molar-refractivity contribution in [1.82, 2.24) is 9.80 Å². The van der Waals surface area contributed by atoms with Gasteiger partial charge in [-0.3, -0.25) is 19.3 Å². The Labute approximate surface area is 193 Å². The quantitative estimate of drug-likeness (QED) is 0.614. The van der Waals surface area contributed by atoms with E-state index in [1.807, 2.05) is 41.3 Å². The normalized spacial score (nSPS) is 13.9. The van der Waals surface area contributed by atoms with Crippen molar-refractivity contribution in [2.45, 2.75) is 0 Å². The molecule has 0 spiro atoms. The molecule has 3 aromatic carbocycles. The van der Waals surface area contributed by atoms with E-state index in [1.165, 1.54) is 0 Å². The van der Waals surface area contributed by atoms with Crippen LogP contribution in [0.2, 0.25) is 0 Å². The minimum atomic E-state index is -0.259. The van der Waals surface area contributed by atoms with Crippen LogP contribution in [0, 0.1) is 0 Å². The smallest absolute Gasteiger partial charge is 0.256 e. The Hall–Kier alpha value is -3.97. The fraction of sp³-hybridized carbons (Fsp3) is 0.192. The molecule has 2 N–H and O–H groups in total. The van der Waals surface area contributed by atoms with Crippen LogP contribution < -0.4 is 10.6 Å². The highest BCUT2D eigenvalue weighted by Crippen LogP contribution is 2.19. The molecule has 7 nitrogen and oxygen atoms in total. The zero-order valence-electron chi connectivity index (χ0n) is 18.2. The summed E-state index contributed by atoms with van der Waals surface area (Å²) < 4.78 is 0. The molecule has 0 aliphatic carbocycles. The topological polar surface area (TPSA) is 81.8 Å². The minimum Gasteiger partial charge on any atom is -0.336 e. The van der Waals surface area contributed by atoms with E-state index in [2.05, 4.69) is 10.6 Å². The lowest BCUT2D eigenvalue weighted by Gasteiger charge is -2.34. The van der Waals surface area contributed by atoms with Crippen LogP contribution >= 0.6 is 0 Å². The van der Waals surface area contributed by atoms with E-state index in [0.717, 1.165) is 5.69 Å². The second kappa shape index (κ2) is 10.6. The summed E-state index contributed by atoms with van der Waals surface area (Å²) >= 11 is 0. The maximum absolute atomic E-state index is 13.2. The van der Waals surface area contributed by atoms with E-state index in [1.54, 1.807) is 53.4 Å². The molecule has 3 aromatic rings. The van der Waals surface area contributed by atoms with Gasteiger partial charge in [-0.25, -0.2) is 0 Å². The molecule has 3 amide bonds. The van der Waals surface area contributed by atoms with Crippen LogP contribution in [-0.2, 0) is 4.79 Å². The number of hydrogen-bond acceptors (Lipinski definition) is 4. The van der Waals surface area contributed by atoms with Crippen molar-refractivity contribution in [3.05, 3.63) is 96.1 Å². The van der Waals surface area contributed by atoms with Crippen LogP contribution in [0.1, 0.15) is 20.7 Å². The highest BCUT2D eigenvalue weighted by atomic mass is 16.2. The first-order valence-electron chi connectivity index (χ1n) is 10.9. The van der Waals surface area contributed by atoms with Gasteiger partial charge in [0, 0.05) is 37.4 Å². The number of carbonyl (C=O) groups excluding carboxylic acids is 3. The maximum Gasteiger partial charge on any atom is 0.256 e. The number of carbonyl (C=O) groups is 3. The van der Waals surface area contributed by atoms with E-state index < -0.39 is 0 Å². The molecule has 4 rings (SSSR count). The summed E-state index contributed by atoms with van der Waals surface area (Å²) in [4.78, 5) is 41.9.